The van der Waals surface area contributed by atoms with Gasteiger partial charge >= 0.3 is 0 Å². The number of amides is 1. The van der Waals surface area contributed by atoms with Crippen molar-refractivity contribution < 1.29 is 9.53 Å². The molecule has 2 rings (SSSR count). The lowest BCUT2D eigenvalue weighted by Gasteiger charge is -2.33. The minimum atomic E-state index is -0.479. The van der Waals surface area contributed by atoms with Crippen molar-refractivity contribution >= 4 is 11.6 Å². The zero-order valence-corrected chi connectivity index (χ0v) is 11.9. The van der Waals surface area contributed by atoms with Crippen molar-refractivity contribution in [3.8, 4) is 5.75 Å². The number of carbonyl (C=O) groups excluding carboxylic acids is 1. The first-order valence-electron chi connectivity index (χ1n) is 6.76. The number of aryl methyl sites for hydroxylation is 1. The Balaban J connectivity index is 2.16. The lowest BCUT2D eigenvalue weighted by Crippen LogP contribution is -2.54. The molecule has 2 N–H and O–H groups in total. The zero-order valence-electron chi connectivity index (χ0n) is 11.9. The van der Waals surface area contributed by atoms with Crippen molar-refractivity contribution in [2.24, 2.45) is 0 Å². The molecule has 4 nitrogen and oxygen atoms in total. The molecular formula is C15H22N2O2. The van der Waals surface area contributed by atoms with Gasteiger partial charge in [0.1, 0.15) is 5.75 Å². The average molecular weight is 262 g/mol. The van der Waals surface area contributed by atoms with E-state index in [1.54, 1.807) is 7.11 Å². The molecule has 0 radical (unpaired) electrons. The highest BCUT2D eigenvalue weighted by Crippen LogP contribution is 2.27. The number of nitrogens with one attached hydrogen (secondary N) is 2. The normalized spacial score (nSPS) is 22.9. The second-order valence-corrected chi connectivity index (χ2v) is 5.37. The summed E-state index contributed by atoms with van der Waals surface area (Å²) in [6.07, 6.45) is 3.09. The Morgan fingerprint density at radius 3 is 2.84 bits per heavy atom. The average Bonchev–Trinajstić information content (AvgIpc) is 2.40. The van der Waals surface area contributed by atoms with Crippen LogP contribution in [0, 0.1) is 6.92 Å². The molecule has 4 heteroatoms. The lowest BCUT2D eigenvalue weighted by atomic mass is 9.90. The third-order valence-electron chi connectivity index (χ3n) is 3.72. The minimum Gasteiger partial charge on any atom is -0.495 e. The summed E-state index contributed by atoms with van der Waals surface area (Å²) in [4.78, 5) is 12.4. The van der Waals surface area contributed by atoms with Gasteiger partial charge in [0.25, 0.3) is 0 Å². The van der Waals surface area contributed by atoms with E-state index in [-0.39, 0.29) is 5.91 Å². The van der Waals surface area contributed by atoms with Crippen LogP contribution in [0.2, 0.25) is 0 Å². The van der Waals surface area contributed by atoms with Crippen LogP contribution in [0.1, 0.15) is 31.7 Å². The van der Waals surface area contributed by atoms with Gasteiger partial charge in [-0.05, 0) is 57.4 Å². The first kappa shape index (κ1) is 13.9. The zero-order chi connectivity index (χ0) is 13.9. The summed E-state index contributed by atoms with van der Waals surface area (Å²) in [6, 6.07) is 5.78. The van der Waals surface area contributed by atoms with Gasteiger partial charge in [0.2, 0.25) is 5.91 Å². The lowest BCUT2D eigenvalue weighted by molar-refractivity contribution is -0.122. The summed E-state index contributed by atoms with van der Waals surface area (Å²) in [7, 11) is 1.61. The molecule has 1 saturated heterocycles. The first-order valence-corrected chi connectivity index (χ1v) is 6.76. The van der Waals surface area contributed by atoms with Gasteiger partial charge < -0.3 is 15.4 Å². The van der Waals surface area contributed by atoms with E-state index in [0.717, 1.165) is 37.1 Å². The SMILES string of the molecule is COc1ccc(C)cc1NC(=O)C1(C)CCCCN1. The van der Waals surface area contributed by atoms with Crippen LogP contribution in [-0.2, 0) is 4.79 Å². The van der Waals surface area contributed by atoms with Gasteiger partial charge in [-0.15, -0.1) is 0 Å². The molecule has 1 aliphatic heterocycles. The molecule has 19 heavy (non-hydrogen) atoms. The highest BCUT2D eigenvalue weighted by atomic mass is 16.5. The maximum atomic E-state index is 12.4. The van der Waals surface area contributed by atoms with Gasteiger partial charge in [-0.2, -0.15) is 0 Å². The smallest absolute Gasteiger partial charge is 0.244 e. The van der Waals surface area contributed by atoms with Gasteiger partial charge in [0, 0.05) is 0 Å². The Morgan fingerprint density at radius 2 is 2.21 bits per heavy atom. The Morgan fingerprint density at radius 1 is 1.42 bits per heavy atom. The molecule has 0 saturated carbocycles. The number of ether oxygens (including phenoxy) is 1. The molecule has 0 aliphatic carbocycles. The standard InChI is InChI=1S/C15H22N2O2/c1-11-6-7-13(19-3)12(10-11)17-14(18)15(2)8-4-5-9-16-15/h6-7,10,16H,4-5,8-9H2,1-3H3,(H,17,18). The van der Waals surface area contributed by atoms with Crippen molar-refractivity contribution in [3.05, 3.63) is 23.8 Å². The fourth-order valence-corrected chi connectivity index (χ4v) is 2.43. The molecule has 0 aromatic heterocycles. The van der Waals surface area contributed by atoms with Crippen molar-refractivity contribution in [2.75, 3.05) is 19.0 Å². The van der Waals surface area contributed by atoms with Crippen LogP contribution < -0.4 is 15.4 Å². The highest BCUT2D eigenvalue weighted by molar-refractivity contribution is 5.99. The van der Waals surface area contributed by atoms with Gasteiger partial charge in [0.15, 0.2) is 0 Å². The molecule has 1 aromatic rings. The number of benzene rings is 1. The molecule has 1 aromatic carbocycles. The number of hydrogen-bond acceptors (Lipinski definition) is 3. The van der Waals surface area contributed by atoms with Crippen molar-refractivity contribution in [2.45, 2.75) is 38.6 Å². The molecule has 1 amide bonds. The number of carbonyl (C=O) groups is 1. The van der Waals surface area contributed by atoms with E-state index in [9.17, 15) is 4.79 Å². The molecule has 1 heterocycles. The predicted molar refractivity (Wildman–Crippen MR) is 76.6 cm³/mol. The number of methoxy groups -OCH3 is 1. The molecule has 104 valence electrons. The topological polar surface area (TPSA) is 50.4 Å². The van der Waals surface area contributed by atoms with Crippen LogP contribution in [0.25, 0.3) is 0 Å². The quantitative estimate of drug-likeness (QED) is 0.880. The summed E-state index contributed by atoms with van der Waals surface area (Å²) >= 11 is 0. The van der Waals surface area contributed by atoms with E-state index in [2.05, 4.69) is 10.6 Å². The number of piperidine rings is 1. The summed E-state index contributed by atoms with van der Waals surface area (Å²) < 4.78 is 5.29. The Kier molecular flexibility index (Phi) is 4.10. The Bertz CT molecular complexity index is 465. The van der Waals surface area contributed by atoms with Crippen LogP contribution >= 0.6 is 0 Å². The second-order valence-electron chi connectivity index (χ2n) is 5.37. The van der Waals surface area contributed by atoms with E-state index < -0.39 is 5.54 Å². The molecule has 0 bridgehead atoms. The van der Waals surface area contributed by atoms with Crippen LogP contribution in [-0.4, -0.2) is 25.1 Å². The molecule has 1 atom stereocenters. The first-order chi connectivity index (χ1) is 9.05. The van der Waals surface area contributed by atoms with Crippen LogP contribution in [0.15, 0.2) is 18.2 Å². The minimum absolute atomic E-state index is 0.0103. The Hall–Kier alpha value is -1.55. The van der Waals surface area contributed by atoms with E-state index in [0.29, 0.717) is 5.75 Å². The van der Waals surface area contributed by atoms with E-state index in [1.807, 2.05) is 32.0 Å². The maximum Gasteiger partial charge on any atom is 0.244 e. The van der Waals surface area contributed by atoms with Gasteiger partial charge in [-0.3, -0.25) is 4.79 Å². The van der Waals surface area contributed by atoms with Gasteiger partial charge in [-0.1, -0.05) is 6.07 Å². The largest absolute Gasteiger partial charge is 0.495 e. The predicted octanol–water partition coefficient (Wildman–Crippen LogP) is 2.47. The third kappa shape index (κ3) is 3.07. The number of anilines is 1. The van der Waals surface area contributed by atoms with Crippen molar-refractivity contribution in [1.29, 1.82) is 0 Å². The van der Waals surface area contributed by atoms with Crippen LogP contribution in [0.4, 0.5) is 5.69 Å². The number of rotatable bonds is 3. The molecule has 1 unspecified atom stereocenters. The van der Waals surface area contributed by atoms with Gasteiger partial charge in [0.05, 0.1) is 18.3 Å². The third-order valence-corrected chi connectivity index (χ3v) is 3.72. The van der Waals surface area contributed by atoms with Crippen LogP contribution in [0.5, 0.6) is 5.75 Å². The highest BCUT2D eigenvalue weighted by Gasteiger charge is 2.34. The van der Waals surface area contributed by atoms with Crippen LogP contribution in [0.3, 0.4) is 0 Å². The van der Waals surface area contributed by atoms with E-state index in [4.69, 9.17) is 4.74 Å². The van der Waals surface area contributed by atoms with E-state index >= 15 is 0 Å². The fourth-order valence-electron chi connectivity index (χ4n) is 2.43. The molecule has 0 spiro atoms. The monoisotopic (exact) mass is 262 g/mol. The molecule has 1 aliphatic rings. The molecule has 1 fully saturated rings. The van der Waals surface area contributed by atoms with E-state index in [1.165, 1.54) is 0 Å². The summed E-state index contributed by atoms with van der Waals surface area (Å²) in [5.74, 6) is 0.703. The second kappa shape index (κ2) is 5.61. The number of hydrogen-bond donors (Lipinski definition) is 2. The Labute approximate surface area is 114 Å². The summed E-state index contributed by atoms with van der Waals surface area (Å²) in [5, 5.41) is 6.30. The molecular weight excluding hydrogens is 240 g/mol. The van der Waals surface area contributed by atoms with Gasteiger partial charge in [-0.25, -0.2) is 0 Å². The van der Waals surface area contributed by atoms with Crippen molar-refractivity contribution in [1.82, 2.24) is 5.32 Å². The fraction of sp³-hybridized carbons (Fsp3) is 0.533. The summed E-state index contributed by atoms with van der Waals surface area (Å²) in [6.45, 7) is 4.86. The van der Waals surface area contributed by atoms with Crippen molar-refractivity contribution in [3.63, 3.8) is 0 Å². The summed E-state index contributed by atoms with van der Waals surface area (Å²) in [5.41, 5.74) is 1.35. The maximum absolute atomic E-state index is 12.4.